The fraction of sp³-hybridized carbons (Fsp3) is 0.235. The lowest BCUT2D eigenvalue weighted by atomic mass is 10.0. The molecule has 0 aliphatic carbocycles. The Labute approximate surface area is 139 Å². The zero-order valence-corrected chi connectivity index (χ0v) is 14.1. The van der Waals surface area contributed by atoms with Gasteiger partial charge < -0.3 is 19.6 Å². The van der Waals surface area contributed by atoms with Gasteiger partial charge in [-0.3, -0.25) is 9.36 Å². The Morgan fingerprint density at radius 2 is 1.75 bits per heavy atom. The topological polar surface area (TPSA) is 104 Å². The summed E-state index contributed by atoms with van der Waals surface area (Å²) in [5.74, 6) is 0.765. The van der Waals surface area contributed by atoms with E-state index in [-0.39, 0.29) is 11.3 Å². The number of phenols is 1. The van der Waals surface area contributed by atoms with Crippen molar-refractivity contribution in [2.24, 2.45) is 0 Å². The van der Waals surface area contributed by atoms with Crippen LogP contribution >= 0.6 is 7.60 Å². The Balaban J connectivity index is 2.12. The summed E-state index contributed by atoms with van der Waals surface area (Å²) in [5.41, 5.74) is 0.125. The SMILES string of the molecule is CCOc1ccc(CCc2cc(C(=O)P(=O)(O)O)ccc2O)cc1. The lowest BCUT2D eigenvalue weighted by Crippen LogP contribution is -2.01. The molecule has 0 bridgehead atoms. The number of ether oxygens (including phenoxy) is 1. The van der Waals surface area contributed by atoms with Crippen LogP contribution in [0.25, 0.3) is 0 Å². The third-order valence-electron chi connectivity index (χ3n) is 3.51. The van der Waals surface area contributed by atoms with Crippen molar-refractivity contribution in [3.63, 3.8) is 0 Å². The minimum Gasteiger partial charge on any atom is -0.508 e. The molecule has 0 atom stereocenters. The summed E-state index contributed by atoms with van der Waals surface area (Å²) in [6, 6.07) is 11.3. The van der Waals surface area contributed by atoms with Crippen molar-refractivity contribution in [2.45, 2.75) is 19.8 Å². The van der Waals surface area contributed by atoms with Gasteiger partial charge in [0.25, 0.3) is 5.52 Å². The Morgan fingerprint density at radius 3 is 2.33 bits per heavy atom. The molecule has 2 aromatic rings. The minimum absolute atomic E-state index is 0.0109. The molecule has 128 valence electrons. The van der Waals surface area contributed by atoms with E-state index < -0.39 is 13.1 Å². The number of aromatic hydroxyl groups is 1. The summed E-state index contributed by atoms with van der Waals surface area (Å²) in [7, 11) is -4.84. The van der Waals surface area contributed by atoms with Gasteiger partial charge in [0.15, 0.2) is 0 Å². The standard InChI is InChI=1S/C17H19O6P/c1-2-23-15-8-4-12(5-9-15)3-6-13-11-14(7-10-16(13)18)17(19)24(20,21)22/h4-5,7-11,18H,2-3,6H2,1H3,(H2,20,21,22). The van der Waals surface area contributed by atoms with Crippen LogP contribution in [0.15, 0.2) is 42.5 Å². The van der Waals surface area contributed by atoms with E-state index >= 15 is 0 Å². The molecule has 0 saturated carbocycles. The molecule has 0 saturated heterocycles. The van der Waals surface area contributed by atoms with Crippen molar-refractivity contribution in [2.75, 3.05) is 6.61 Å². The van der Waals surface area contributed by atoms with Crippen LogP contribution in [0.1, 0.15) is 28.4 Å². The van der Waals surface area contributed by atoms with Gasteiger partial charge >= 0.3 is 7.60 Å². The molecule has 0 fully saturated rings. The Kier molecular flexibility index (Phi) is 5.78. The summed E-state index contributed by atoms with van der Waals surface area (Å²) < 4.78 is 16.4. The average Bonchev–Trinajstić information content (AvgIpc) is 2.54. The third kappa shape index (κ3) is 4.68. The molecule has 24 heavy (non-hydrogen) atoms. The van der Waals surface area contributed by atoms with Crippen LogP contribution in [0.5, 0.6) is 11.5 Å². The van der Waals surface area contributed by atoms with E-state index in [0.717, 1.165) is 11.3 Å². The molecule has 7 heteroatoms. The number of carbonyl (C=O) groups is 1. The van der Waals surface area contributed by atoms with E-state index in [4.69, 9.17) is 14.5 Å². The lowest BCUT2D eigenvalue weighted by molar-refractivity contribution is 0.104. The zero-order chi connectivity index (χ0) is 17.7. The predicted octanol–water partition coefficient (Wildman–Crippen LogP) is 2.89. The van der Waals surface area contributed by atoms with Crippen LogP contribution < -0.4 is 4.74 Å². The maximum absolute atomic E-state index is 11.6. The third-order valence-corrected chi connectivity index (χ3v) is 4.30. The van der Waals surface area contributed by atoms with Gasteiger partial charge in [-0.05, 0) is 61.2 Å². The van der Waals surface area contributed by atoms with Gasteiger partial charge in [0.1, 0.15) is 11.5 Å². The summed E-state index contributed by atoms with van der Waals surface area (Å²) in [6.45, 7) is 2.50. The van der Waals surface area contributed by atoms with Crippen molar-refractivity contribution in [1.82, 2.24) is 0 Å². The maximum atomic E-state index is 11.6. The van der Waals surface area contributed by atoms with E-state index in [9.17, 15) is 14.5 Å². The number of carbonyl (C=O) groups excluding carboxylic acids is 1. The van der Waals surface area contributed by atoms with E-state index in [2.05, 4.69) is 0 Å². The summed E-state index contributed by atoms with van der Waals surface area (Å²) >= 11 is 0. The molecule has 3 N–H and O–H groups in total. The number of benzene rings is 2. The van der Waals surface area contributed by atoms with Gasteiger partial charge in [-0.15, -0.1) is 0 Å². The molecule has 0 heterocycles. The minimum atomic E-state index is -4.84. The van der Waals surface area contributed by atoms with Gasteiger partial charge in [-0.25, -0.2) is 0 Å². The highest BCUT2D eigenvalue weighted by Gasteiger charge is 2.27. The Morgan fingerprint density at radius 1 is 1.08 bits per heavy atom. The largest absolute Gasteiger partial charge is 0.508 e. The normalized spacial score (nSPS) is 11.3. The quantitative estimate of drug-likeness (QED) is 0.663. The van der Waals surface area contributed by atoms with Crippen molar-refractivity contribution in [3.8, 4) is 11.5 Å². The van der Waals surface area contributed by atoms with Crippen LogP contribution in [0.2, 0.25) is 0 Å². The first-order chi connectivity index (χ1) is 11.3. The summed E-state index contributed by atoms with van der Waals surface area (Å²) in [6.07, 6.45) is 1.04. The molecular formula is C17H19O6P. The number of aryl methyl sites for hydroxylation is 2. The van der Waals surface area contributed by atoms with Crippen LogP contribution in [-0.4, -0.2) is 27.0 Å². The van der Waals surface area contributed by atoms with Crippen LogP contribution in [0, 0.1) is 0 Å². The highest BCUT2D eigenvalue weighted by Crippen LogP contribution is 2.39. The van der Waals surface area contributed by atoms with Crippen molar-refractivity contribution < 1.29 is 29.0 Å². The molecule has 0 radical (unpaired) electrons. The van der Waals surface area contributed by atoms with E-state index in [0.29, 0.717) is 25.0 Å². The van der Waals surface area contributed by atoms with Crippen molar-refractivity contribution >= 4 is 13.1 Å². The zero-order valence-electron chi connectivity index (χ0n) is 13.2. The maximum Gasteiger partial charge on any atom is 0.396 e. The fourth-order valence-electron chi connectivity index (χ4n) is 2.28. The first kappa shape index (κ1) is 18.2. The molecule has 2 rings (SSSR count). The second-order valence-corrected chi connectivity index (χ2v) is 6.76. The summed E-state index contributed by atoms with van der Waals surface area (Å²) in [4.78, 5) is 29.6. The highest BCUT2D eigenvalue weighted by molar-refractivity contribution is 7.70. The average molecular weight is 350 g/mol. The first-order valence-corrected chi connectivity index (χ1v) is 9.06. The molecule has 0 aromatic heterocycles. The number of hydrogen-bond donors (Lipinski definition) is 3. The van der Waals surface area contributed by atoms with Gasteiger partial charge in [0.2, 0.25) is 0 Å². The van der Waals surface area contributed by atoms with Gasteiger partial charge in [0.05, 0.1) is 6.61 Å². The summed E-state index contributed by atoms with van der Waals surface area (Å²) in [5, 5.41) is 9.89. The van der Waals surface area contributed by atoms with Gasteiger partial charge in [-0.1, -0.05) is 12.1 Å². The smallest absolute Gasteiger partial charge is 0.396 e. The van der Waals surface area contributed by atoms with Crippen LogP contribution in [-0.2, 0) is 17.4 Å². The van der Waals surface area contributed by atoms with E-state index in [1.807, 2.05) is 31.2 Å². The molecule has 0 aliphatic rings. The van der Waals surface area contributed by atoms with E-state index in [1.165, 1.54) is 18.2 Å². The highest BCUT2D eigenvalue weighted by atomic mass is 31.2. The lowest BCUT2D eigenvalue weighted by Gasteiger charge is -2.09. The van der Waals surface area contributed by atoms with Gasteiger partial charge in [0, 0.05) is 5.56 Å². The number of rotatable bonds is 7. The van der Waals surface area contributed by atoms with Crippen LogP contribution in [0.3, 0.4) is 0 Å². The van der Waals surface area contributed by atoms with Crippen LogP contribution in [0.4, 0.5) is 0 Å². The molecule has 2 aromatic carbocycles. The van der Waals surface area contributed by atoms with Gasteiger partial charge in [-0.2, -0.15) is 0 Å². The van der Waals surface area contributed by atoms with Crippen molar-refractivity contribution in [1.29, 1.82) is 0 Å². The molecule has 0 amide bonds. The first-order valence-electron chi connectivity index (χ1n) is 7.45. The predicted molar refractivity (Wildman–Crippen MR) is 89.5 cm³/mol. The van der Waals surface area contributed by atoms with Crippen molar-refractivity contribution in [3.05, 3.63) is 59.2 Å². The molecule has 0 spiro atoms. The number of phenolic OH excluding ortho intramolecular Hbond substituents is 1. The molecule has 0 unspecified atom stereocenters. The second-order valence-electron chi connectivity index (χ2n) is 5.27. The number of hydrogen-bond acceptors (Lipinski definition) is 4. The monoisotopic (exact) mass is 350 g/mol. The fourth-order valence-corrected chi connectivity index (χ4v) is 2.76. The molecule has 6 nitrogen and oxygen atoms in total. The van der Waals surface area contributed by atoms with E-state index in [1.54, 1.807) is 0 Å². The second kappa shape index (κ2) is 7.62. The molecular weight excluding hydrogens is 331 g/mol. The molecule has 0 aliphatic heterocycles. The Bertz CT molecular complexity index is 763. The Hall–Kier alpha value is -2.14.